The van der Waals surface area contributed by atoms with Crippen molar-refractivity contribution in [2.24, 2.45) is 0 Å². The number of aromatic nitrogens is 3. The van der Waals surface area contributed by atoms with Crippen molar-refractivity contribution >= 4 is 22.9 Å². The van der Waals surface area contributed by atoms with E-state index < -0.39 is 17.9 Å². The Bertz CT molecular complexity index is 980. The molecule has 0 aliphatic rings. The molecule has 140 valence electrons. The van der Waals surface area contributed by atoms with Crippen molar-refractivity contribution in [1.82, 2.24) is 20.1 Å². The fraction of sp³-hybridized carbons (Fsp3) is 0.300. The molecule has 3 rings (SSSR count). The van der Waals surface area contributed by atoms with Gasteiger partial charge in [-0.05, 0) is 32.4 Å². The molecule has 1 unspecified atom stereocenters. The molecule has 7 nitrogen and oxygen atoms in total. The summed E-state index contributed by atoms with van der Waals surface area (Å²) in [5.74, 6) is -1.53. The maximum Gasteiger partial charge on any atom is 0.326 e. The van der Waals surface area contributed by atoms with Crippen LogP contribution in [0.5, 0.6) is 0 Å². The number of nitrogens with zero attached hydrogens (tertiary/aromatic N) is 3. The number of nitrogens with one attached hydrogen (secondary N) is 1. The van der Waals surface area contributed by atoms with E-state index in [1.165, 1.54) is 0 Å². The monoisotopic (exact) mass is 366 g/mol. The van der Waals surface area contributed by atoms with Crippen molar-refractivity contribution in [3.8, 4) is 0 Å². The van der Waals surface area contributed by atoms with Crippen LogP contribution in [0.4, 0.5) is 0 Å². The van der Waals surface area contributed by atoms with Crippen molar-refractivity contribution in [3.63, 3.8) is 0 Å². The Morgan fingerprint density at radius 1 is 1.22 bits per heavy atom. The Labute approximate surface area is 157 Å². The van der Waals surface area contributed by atoms with E-state index in [-0.39, 0.29) is 12.5 Å². The maximum atomic E-state index is 12.7. The lowest BCUT2D eigenvalue weighted by Crippen LogP contribution is -2.42. The van der Waals surface area contributed by atoms with Gasteiger partial charge in [0, 0.05) is 17.8 Å². The first-order chi connectivity index (χ1) is 12.9. The van der Waals surface area contributed by atoms with Crippen LogP contribution in [-0.4, -0.2) is 37.8 Å². The zero-order valence-electron chi connectivity index (χ0n) is 15.5. The number of carboxylic acid groups (broad SMARTS) is 1. The first-order valence-electron chi connectivity index (χ1n) is 8.79. The van der Waals surface area contributed by atoms with Gasteiger partial charge in [0.15, 0.2) is 5.65 Å². The van der Waals surface area contributed by atoms with Gasteiger partial charge in [-0.25, -0.2) is 14.5 Å². The van der Waals surface area contributed by atoms with E-state index in [1.54, 1.807) is 23.9 Å². The minimum absolute atomic E-state index is 0.149. The molecule has 1 amide bonds. The minimum atomic E-state index is -1.08. The highest BCUT2D eigenvalue weighted by Gasteiger charge is 2.23. The van der Waals surface area contributed by atoms with Crippen LogP contribution in [0.3, 0.4) is 0 Å². The van der Waals surface area contributed by atoms with Gasteiger partial charge in [0.25, 0.3) is 5.91 Å². The molecular weight excluding hydrogens is 344 g/mol. The van der Waals surface area contributed by atoms with Crippen LogP contribution in [0.25, 0.3) is 11.0 Å². The largest absolute Gasteiger partial charge is 0.480 e. The Hall–Kier alpha value is -3.22. The summed E-state index contributed by atoms with van der Waals surface area (Å²) in [6.07, 6.45) is 1.87. The number of rotatable bonds is 6. The number of hydrogen-bond acceptors (Lipinski definition) is 4. The van der Waals surface area contributed by atoms with Crippen molar-refractivity contribution in [3.05, 3.63) is 59.4 Å². The molecule has 0 aliphatic heterocycles. The highest BCUT2D eigenvalue weighted by molar-refractivity contribution is 6.00. The standard InChI is InChI=1S/C20H22N4O3/c1-12(2)24-18-15(11-21-24)10-16(13(3)22-18)19(25)23-17(20(26)27)9-14-7-5-4-6-8-14/h4-8,10-12,17H,9H2,1-3H3,(H,23,25)(H,26,27). The lowest BCUT2D eigenvalue weighted by Gasteiger charge is -2.16. The zero-order valence-corrected chi connectivity index (χ0v) is 15.5. The molecule has 1 atom stereocenters. The fourth-order valence-electron chi connectivity index (χ4n) is 2.96. The molecule has 27 heavy (non-hydrogen) atoms. The number of carbonyl (C=O) groups excluding carboxylic acids is 1. The molecule has 2 heterocycles. The molecule has 2 N–H and O–H groups in total. The molecule has 7 heteroatoms. The predicted molar refractivity (Wildman–Crippen MR) is 102 cm³/mol. The molecule has 0 spiro atoms. The van der Waals surface area contributed by atoms with Crippen LogP contribution in [0.2, 0.25) is 0 Å². The molecule has 0 aliphatic carbocycles. The molecule has 0 saturated heterocycles. The van der Waals surface area contributed by atoms with E-state index in [1.807, 2.05) is 44.2 Å². The second-order valence-electron chi connectivity index (χ2n) is 6.77. The summed E-state index contributed by atoms with van der Waals surface area (Å²) in [6.45, 7) is 5.75. The molecule has 0 fully saturated rings. The van der Waals surface area contributed by atoms with E-state index in [2.05, 4.69) is 15.4 Å². The Morgan fingerprint density at radius 3 is 2.56 bits per heavy atom. The average molecular weight is 366 g/mol. The Kier molecular flexibility index (Phi) is 5.21. The van der Waals surface area contributed by atoms with E-state index in [9.17, 15) is 14.7 Å². The highest BCUT2D eigenvalue weighted by atomic mass is 16.4. The Morgan fingerprint density at radius 2 is 1.93 bits per heavy atom. The van der Waals surface area contributed by atoms with Crippen LogP contribution in [0.1, 0.15) is 41.5 Å². The number of amides is 1. The summed E-state index contributed by atoms with van der Waals surface area (Å²) in [5, 5.41) is 17.2. The molecule has 0 bridgehead atoms. The third-order valence-corrected chi connectivity index (χ3v) is 4.38. The molecular formula is C20H22N4O3. The van der Waals surface area contributed by atoms with Gasteiger partial charge in [-0.15, -0.1) is 0 Å². The summed E-state index contributed by atoms with van der Waals surface area (Å²) in [5.41, 5.74) is 2.43. The van der Waals surface area contributed by atoms with Gasteiger partial charge in [0.1, 0.15) is 6.04 Å². The number of carboxylic acids is 1. The van der Waals surface area contributed by atoms with E-state index in [4.69, 9.17) is 0 Å². The summed E-state index contributed by atoms with van der Waals surface area (Å²) in [6, 6.07) is 10.0. The summed E-state index contributed by atoms with van der Waals surface area (Å²) >= 11 is 0. The second-order valence-corrected chi connectivity index (χ2v) is 6.77. The van der Waals surface area contributed by atoms with E-state index in [0.29, 0.717) is 16.9 Å². The van der Waals surface area contributed by atoms with Gasteiger partial charge < -0.3 is 10.4 Å². The number of carbonyl (C=O) groups is 2. The van der Waals surface area contributed by atoms with Crippen LogP contribution in [-0.2, 0) is 11.2 Å². The Balaban J connectivity index is 1.85. The first kappa shape index (κ1) is 18.6. The topological polar surface area (TPSA) is 97.1 Å². The van der Waals surface area contributed by atoms with Gasteiger partial charge >= 0.3 is 5.97 Å². The van der Waals surface area contributed by atoms with Gasteiger partial charge in [-0.2, -0.15) is 5.10 Å². The molecule has 0 saturated carbocycles. The number of pyridine rings is 1. The zero-order chi connectivity index (χ0) is 19.6. The summed E-state index contributed by atoms with van der Waals surface area (Å²) < 4.78 is 1.79. The molecule has 3 aromatic rings. The smallest absolute Gasteiger partial charge is 0.326 e. The second kappa shape index (κ2) is 7.57. The van der Waals surface area contributed by atoms with E-state index in [0.717, 1.165) is 10.9 Å². The first-order valence-corrected chi connectivity index (χ1v) is 8.79. The summed E-state index contributed by atoms with van der Waals surface area (Å²) in [7, 11) is 0. The van der Waals surface area contributed by atoms with Crippen molar-refractivity contribution in [2.45, 2.75) is 39.3 Å². The van der Waals surface area contributed by atoms with Gasteiger partial charge in [0.2, 0.25) is 0 Å². The van der Waals surface area contributed by atoms with Crippen molar-refractivity contribution < 1.29 is 14.7 Å². The number of aliphatic carboxylic acids is 1. The third kappa shape index (κ3) is 3.97. The van der Waals surface area contributed by atoms with Crippen LogP contribution in [0.15, 0.2) is 42.6 Å². The summed E-state index contributed by atoms with van der Waals surface area (Å²) in [4.78, 5) is 28.8. The van der Waals surface area contributed by atoms with Crippen molar-refractivity contribution in [2.75, 3.05) is 0 Å². The van der Waals surface area contributed by atoms with Crippen molar-refractivity contribution in [1.29, 1.82) is 0 Å². The number of hydrogen-bond donors (Lipinski definition) is 2. The van der Waals surface area contributed by atoms with Crippen LogP contribution in [0, 0.1) is 6.92 Å². The number of benzene rings is 1. The van der Waals surface area contributed by atoms with Gasteiger partial charge in [-0.1, -0.05) is 30.3 Å². The normalized spacial score (nSPS) is 12.3. The van der Waals surface area contributed by atoms with Crippen LogP contribution < -0.4 is 5.32 Å². The molecule has 1 aromatic carbocycles. The number of fused-ring (bicyclic) bond motifs is 1. The highest BCUT2D eigenvalue weighted by Crippen LogP contribution is 2.19. The van der Waals surface area contributed by atoms with Gasteiger partial charge in [-0.3, -0.25) is 4.79 Å². The molecule has 0 radical (unpaired) electrons. The SMILES string of the molecule is Cc1nc2c(cnn2C(C)C)cc1C(=O)NC(Cc1ccccc1)C(=O)O. The third-order valence-electron chi connectivity index (χ3n) is 4.38. The van der Waals surface area contributed by atoms with E-state index >= 15 is 0 Å². The molecule has 2 aromatic heterocycles. The average Bonchev–Trinajstić information content (AvgIpc) is 3.04. The van der Waals surface area contributed by atoms with Crippen LogP contribution >= 0.6 is 0 Å². The fourth-order valence-corrected chi connectivity index (χ4v) is 2.96. The predicted octanol–water partition coefficient (Wildman–Crippen LogP) is 2.75. The lowest BCUT2D eigenvalue weighted by atomic mass is 10.1. The minimum Gasteiger partial charge on any atom is -0.480 e. The van der Waals surface area contributed by atoms with Gasteiger partial charge in [0.05, 0.1) is 17.5 Å². The number of aryl methyl sites for hydroxylation is 1. The maximum absolute atomic E-state index is 12.7. The lowest BCUT2D eigenvalue weighted by molar-refractivity contribution is -0.139. The quantitative estimate of drug-likeness (QED) is 0.699.